The number of nitrogens with zero attached hydrogens (tertiary/aromatic N) is 1. The summed E-state index contributed by atoms with van der Waals surface area (Å²) < 4.78 is 5.70. The van der Waals surface area contributed by atoms with Crippen molar-refractivity contribution in [1.82, 2.24) is 10.2 Å². The minimum atomic E-state index is 0.227. The third kappa shape index (κ3) is 5.68. The molecule has 0 radical (unpaired) electrons. The van der Waals surface area contributed by atoms with E-state index in [-0.39, 0.29) is 5.54 Å². The van der Waals surface area contributed by atoms with Gasteiger partial charge in [-0.05, 0) is 40.0 Å². The van der Waals surface area contributed by atoms with Gasteiger partial charge in [0.1, 0.15) is 0 Å². The van der Waals surface area contributed by atoms with Crippen LogP contribution >= 0.6 is 0 Å². The molecule has 3 nitrogen and oxygen atoms in total. The summed E-state index contributed by atoms with van der Waals surface area (Å²) in [6, 6.07) is 0.661. The van der Waals surface area contributed by atoms with Crippen molar-refractivity contribution in [3.05, 3.63) is 0 Å². The molecule has 1 fully saturated rings. The molecule has 0 saturated carbocycles. The number of ether oxygens (including phenoxy) is 1. The SMILES string of the molecule is CC(C)CC1CNC(C)(C)CN1CCOC(C)C. The molecule has 3 heteroatoms. The predicted octanol–water partition coefficient (Wildman–Crippen LogP) is 2.51. The zero-order valence-electron chi connectivity index (χ0n) is 13.1. The summed E-state index contributed by atoms with van der Waals surface area (Å²) >= 11 is 0. The Hall–Kier alpha value is -0.120. The molecule has 0 aromatic carbocycles. The Balaban J connectivity index is 2.49. The van der Waals surface area contributed by atoms with Crippen LogP contribution in [-0.4, -0.2) is 48.8 Å². The molecule has 1 rings (SSSR count). The summed E-state index contributed by atoms with van der Waals surface area (Å²) in [6.07, 6.45) is 1.61. The molecule has 0 bridgehead atoms. The van der Waals surface area contributed by atoms with Gasteiger partial charge in [0.2, 0.25) is 0 Å². The van der Waals surface area contributed by atoms with Crippen LogP contribution in [0.5, 0.6) is 0 Å². The summed E-state index contributed by atoms with van der Waals surface area (Å²) in [5.41, 5.74) is 0.227. The average molecular weight is 256 g/mol. The maximum atomic E-state index is 5.70. The van der Waals surface area contributed by atoms with E-state index in [0.29, 0.717) is 12.1 Å². The van der Waals surface area contributed by atoms with Crippen LogP contribution in [0.2, 0.25) is 0 Å². The van der Waals surface area contributed by atoms with Gasteiger partial charge in [0.25, 0.3) is 0 Å². The zero-order valence-corrected chi connectivity index (χ0v) is 13.1. The first-order chi connectivity index (χ1) is 8.30. The monoisotopic (exact) mass is 256 g/mol. The van der Waals surface area contributed by atoms with E-state index in [4.69, 9.17) is 4.74 Å². The first kappa shape index (κ1) is 15.9. The molecule has 0 aromatic heterocycles. The van der Waals surface area contributed by atoms with Crippen molar-refractivity contribution in [2.24, 2.45) is 5.92 Å². The molecule has 1 heterocycles. The quantitative estimate of drug-likeness (QED) is 0.790. The standard InChI is InChI=1S/C15H32N2O/c1-12(2)9-14-10-16-15(5,6)11-17(14)7-8-18-13(3)4/h12-14,16H,7-11H2,1-6H3. The van der Waals surface area contributed by atoms with Crippen molar-refractivity contribution in [2.45, 2.75) is 65.6 Å². The lowest BCUT2D eigenvalue weighted by Crippen LogP contribution is -2.62. The number of nitrogens with one attached hydrogen (secondary N) is 1. The van der Waals surface area contributed by atoms with Crippen LogP contribution in [0.15, 0.2) is 0 Å². The van der Waals surface area contributed by atoms with Gasteiger partial charge in [-0.15, -0.1) is 0 Å². The Morgan fingerprint density at radius 1 is 1.28 bits per heavy atom. The lowest BCUT2D eigenvalue weighted by molar-refractivity contribution is 0.0221. The Kier molecular flexibility index (Phi) is 6.09. The van der Waals surface area contributed by atoms with Gasteiger partial charge in [-0.25, -0.2) is 0 Å². The Morgan fingerprint density at radius 3 is 2.50 bits per heavy atom. The van der Waals surface area contributed by atoms with E-state index < -0.39 is 0 Å². The second kappa shape index (κ2) is 6.88. The summed E-state index contributed by atoms with van der Waals surface area (Å²) in [4.78, 5) is 2.61. The number of piperazine rings is 1. The van der Waals surface area contributed by atoms with Gasteiger partial charge in [0.05, 0.1) is 12.7 Å². The van der Waals surface area contributed by atoms with E-state index in [1.807, 2.05) is 0 Å². The fraction of sp³-hybridized carbons (Fsp3) is 1.00. The maximum Gasteiger partial charge on any atom is 0.0597 e. The third-order valence-corrected chi connectivity index (χ3v) is 3.50. The van der Waals surface area contributed by atoms with Gasteiger partial charge < -0.3 is 10.1 Å². The van der Waals surface area contributed by atoms with Crippen LogP contribution in [0.1, 0.15) is 48.0 Å². The highest BCUT2D eigenvalue weighted by molar-refractivity contribution is 4.92. The van der Waals surface area contributed by atoms with Crippen LogP contribution in [-0.2, 0) is 4.74 Å². The molecule has 0 amide bonds. The minimum Gasteiger partial charge on any atom is -0.377 e. The lowest BCUT2D eigenvalue weighted by atomic mass is 9.94. The molecule has 0 aromatic rings. The molecule has 1 N–H and O–H groups in total. The molecule has 1 aliphatic heterocycles. The molecule has 108 valence electrons. The number of rotatable bonds is 6. The Bertz CT molecular complexity index is 239. The van der Waals surface area contributed by atoms with E-state index in [1.54, 1.807) is 0 Å². The van der Waals surface area contributed by atoms with Crippen LogP contribution in [0, 0.1) is 5.92 Å². The van der Waals surface area contributed by atoms with E-state index in [1.165, 1.54) is 6.42 Å². The van der Waals surface area contributed by atoms with Crippen molar-refractivity contribution >= 4 is 0 Å². The van der Waals surface area contributed by atoms with E-state index in [2.05, 4.69) is 51.8 Å². The minimum absolute atomic E-state index is 0.227. The predicted molar refractivity (Wildman–Crippen MR) is 78.0 cm³/mol. The van der Waals surface area contributed by atoms with Gasteiger partial charge in [-0.3, -0.25) is 4.90 Å². The summed E-state index contributed by atoms with van der Waals surface area (Å²) in [5.74, 6) is 0.756. The Morgan fingerprint density at radius 2 is 1.94 bits per heavy atom. The van der Waals surface area contributed by atoms with E-state index >= 15 is 0 Å². The molecule has 0 spiro atoms. The molecule has 1 saturated heterocycles. The van der Waals surface area contributed by atoms with Crippen molar-refractivity contribution in [3.63, 3.8) is 0 Å². The number of hydrogen-bond acceptors (Lipinski definition) is 3. The fourth-order valence-electron chi connectivity index (χ4n) is 2.66. The molecular weight excluding hydrogens is 224 g/mol. The lowest BCUT2D eigenvalue weighted by Gasteiger charge is -2.45. The molecule has 18 heavy (non-hydrogen) atoms. The van der Waals surface area contributed by atoms with Crippen molar-refractivity contribution < 1.29 is 4.74 Å². The van der Waals surface area contributed by atoms with Crippen molar-refractivity contribution in [3.8, 4) is 0 Å². The molecular formula is C15H32N2O. The smallest absolute Gasteiger partial charge is 0.0597 e. The Labute approximate surface area is 113 Å². The van der Waals surface area contributed by atoms with Crippen LogP contribution in [0.3, 0.4) is 0 Å². The summed E-state index contributed by atoms with van der Waals surface area (Å²) in [5, 5.41) is 3.66. The highest BCUT2D eigenvalue weighted by atomic mass is 16.5. The third-order valence-electron chi connectivity index (χ3n) is 3.50. The normalized spacial score (nSPS) is 25.0. The molecule has 1 aliphatic rings. The zero-order chi connectivity index (χ0) is 13.8. The summed E-state index contributed by atoms with van der Waals surface area (Å²) in [6.45, 7) is 17.5. The fourth-order valence-corrected chi connectivity index (χ4v) is 2.66. The largest absolute Gasteiger partial charge is 0.377 e. The van der Waals surface area contributed by atoms with Gasteiger partial charge in [0, 0.05) is 31.2 Å². The van der Waals surface area contributed by atoms with Crippen molar-refractivity contribution in [2.75, 3.05) is 26.2 Å². The number of hydrogen-bond donors (Lipinski definition) is 1. The van der Waals surface area contributed by atoms with E-state index in [9.17, 15) is 0 Å². The molecule has 0 aliphatic carbocycles. The average Bonchev–Trinajstić information content (AvgIpc) is 2.20. The van der Waals surface area contributed by atoms with Gasteiger partial charge in [0.15, 0.2) is 0 Å². The van der Waals surface area contributed by atoms with Gasteiger partial charge in [-0.2, -0.15) is 0 Å². The highest BCUT2D eigenvalue weighted by Gasteiger charge is 2.32. The first-order valence-electron chi connectivity index (χ1n) is 7.41. The van der Waals surface area contributed by atoms with Gasteiger partial charge in [-0.1, -0.05) is 13.8 Å². The molecule has 1 unspecified atom stereocenters. The summed E-state index contributed by atoms with van der Waals surface area (Å²) in [7, 11) is 0. The van der Waals surface area contributed by atoms with Crippen LogP contribution in [0.4, 0.5) is 0 Å². The second-order valence-electron chi connectivity index (χ2n) is 6.94. The maximum absolute atomic E-state index is 5.70. The highest BCUT2D eigenvalue weighted by Crippen LogP contribution is 2.19. The first-order valence-corrected chi connectivity index (χ1v) is 7.41. The molecule has 1 atom stereocenters. The van der Waals surface area contributed by atoms with Crippen molar-refractivity contribution in [1.29, 1.82) is 0 Å². The van der Waals surface area contributed by atoms with Gasteiger partial charge >= 0.3 is 0 Å². The van der Waals surface area contributed by atoms with E-state index in [0.717, 1.165) is 32.2 Å². The van der Waals surface area contributed by atoms with Crippen LogP contribution in [0.25, 0.3) is 0 Å². The topological polar surface area (TPSA) is 24.5 Å². The van der Waals surface area contributed by atoms with Crippen LogP contribution < -0.4 is 5.32 Å². The second-order valence-corrected chi connectivity index (χ2v) is 6.94.